The van der Waals surface area contributed by atoms with Crippen LogP contribution >= 0.6 is 0 Å². The Balaban J connectivity index is 1.61. The molecule has 0 bridgehead atoms. The highest BCUT2D eigenvalue weighted by atomic mass is 16.5. The largest absolute Gasteiger partial charge is 0.380 e. The van der Waals surface area contributed by atoms with Gasteiger partial charge in [0.2, 0.25) is 5.95 Å². The summed E-state index contributed by atoms with van der Waals surface area (Å²) in [6.45, 7) is 3.92. The van der Waals surface area contributed by atoms with Gasteiger partial charge in [-0.1, -0.05) is 0 Å². The molecule has 2 fully saturated rings. The lowest BCUT2D eigenvalue weighted by molar-refractivity contribution is 0.195. The molecule has 5 nitrogen and oxygen atoms in total. The van der Waals surface area contributed by atoms with E-state index in [0.29, 0.717) is 6.04 Å². The van der Waals surface area contributed by atoms with Crippen molar-refractivity contribution < 1.29 is 4.74 Å². The summed E-state index contributed by atoms with van der Waals surface area (Å²) in [6, 6.07) is 6.93. The van der Waals surface area contributed by atoms with Crippen LogP contribution in [-0.4, -0.2) is 41.9 Å². The summed E-state index contributed by atoms with van der Waals surface area (Å²) in [5, 5.41) is 3.55. The average Bonchev–Trinajstić information content (AvgIpc) is 3.16. The van der Waals surface area contributed by atoms with Gasteiger partial charge in [-0.05, 0) is 43.9 Å². The average molecular weight is 300 g/mol. The second-order valence-electron chi connectivity index (χ2n) is 6.43. The van der Waals surface area contributed by atoms with Crippen LogP contribution in [0.3, 0.4) is 0 Å². The van der Waals surface area contributed by atoms with E-state index >= 15 is 0 Å². The Labute approximate surface area is 131 Å². The zero-order chi connectivity index (χ0) is 14.9. The number of hydrogen-bond donors (Lipinski definition) is 1. The number of nitrogens with one attached hydrogen (secondary N) is 1. The Kier molecular flexibility index (Phi) is 3.66. The van der Waals surface area contributed by atoms with Crippen molar-refractivity contribution in [2.45, 2.75) is 31.7 Å². The Bertz CT molecular complexity index is 654. The highest BCUT2D eigenvalue weighted by Gasteiger charge is 2.19. The molecule has 22 heavy (non-hydrogen) atoms. The van der Waals surface area contributed by atoms with Crippen molar-refractivity contribution in [2.75, 3.05) is 36.5 Å². The first-order valence-electron chi connectivity index (χ1n) is 8.37. The van der Waals surface area contributed by atoms with E-state index in [2.05, 4.69) is 40.0 Å². The van der Waals surface area contributed by atoms with Crippen LogP contribution in [0.4, 0.5) is 11.6 Å². The maximum absolute atomic E-state index is 5.43. The molecule has 0 radical (unpaired) electrons. The third-order valence-corrected chi connectivity index (χ3v) is 4.80. The van der Waals surface area contributed by atoms with E-state index in [1.807, 2.05) is 0 Å². The number of anilines is 2. The minimum atomic E-state index is 0.433. The van der Waals surface area contributed by atoms with Gasteiger partial charge >= 0.3 is 0 Å². The normalized spacial score (nSPS) is 22.4. The molecule has 3 heterocycles. The zero-order valence-corrected chi connectivity index (χ0v) is 13.2. The summed E-state index contributed by atoms with van der Waals surface area (Å²) in [5.41, 5.74) is 3.42. The van der Waals surface area contributed by atoms with Gasteiger partial charge in [0.05, 0.1) is 23.7 Å². The van der Waals surface area contributed by atoms with Gasteiger partial charge in [-0.15, -0.1) is 0 Å². The maximum atomic E-state index is 5.43. The van der Waals surface area contributed by atoms with Crippen LogP contribution in [0, 0.1) is 0 Å². The number of imidazole rings is 1. The number of piperidine rings is 1. The molecule has 0 spiro atoms. The molecular weight excluding hydrogens is 276 g/mol. The predicted octanol–water partition coefficient (Wildman–Crippen LogP) is 2.76. The molecule has 2 aliphatic heterocycles. The van der Waals surface area contributed by atoms with Gasteiger partial charge < -0.3 is 19.5 Å². The zero-order valence-electron chi connectivity index (χ0n) is 13.2. The van der Waals surface area contributed by atoms with E-state index in [0.717, 1.165) is 49.9 Å². The minimum Gasteiger partial charge on any atom is -0.380 e. The molecule has 0 amide bonds. The Morgan fingerprint density at radius 1 is 1.23 bits per heavy atom. The summed E-state index contributed by atoms with van der Waals surface area (Å²) in [4.78, 5) is 7.31. The van der Waals surface area contributed by atoms with Gasteiger partial charge in [0.1, 0.15) is 0 Å². The monoisotopic (exact) mass is 300 g/mol. The van der Waals surface area contributed by atoms with E-state index in [9.17, 15) is 0 Å². The maximum Gasteiger partial charge on any atom is 0.206 e. The molecule has 0 saturated carbocycles. The van der Waals surface area contributed by atoms with Crippen molar-refractivity contribution in [3.8, 4) is 0 Å². The third kappa shape index (κ3) is 2.54. The minimum absolute atomic E-state index is 0.433. The Hall–Kier alpha value is -1.75. The number of ether oxygens (including phenoxy) is 1. The third-order valence-electron chi connectivity index (χ3n) is 4.80. The number of rotatable bonds is 3. The van der Waals surface area contributed by atoms with E-state index < -0.39 is 0 Å². The molecule has 2 aromatic rings. The smallest absolute Gasteiger partial charge is 0.206 e. The van der Waals surface area contributed by atoms with Crippen LogP contribution in [0.1, 0.15) is 25.7 Å². The van der Waals surface area contributed by atoms with Gasteiger partial charge in [0.25, 0.3) is 0 Å². The molecule has 1 atom stereocenters. The summed E-state index contributed by atoms with van der Waals surface area (Å²) in [5.74, 6) is 1.11. The van der Waals surface area contributed by atoms with E-state index in [1.54, 1.807) is 0 Å². The first kappa shape index (κ1) is 13.9. The van der Waals surface area contributed by atoms with Crippen LogP contribution in [-0.2, 0) is 11.8 Å². The second-order valence-corrected chi connectivity index (χ2v) is 6.43. The van der Waals surface area contributed by atoms with Gasteiger partial charge in [0, 0.05) is 32.4 Å². The number of fused-ring (bicyclic) bond motifs is 1. The first-order chi connectivity index (χ1) is 10.8. The van der Waals surface area contributed by atoms with Crippen molar-refractivity contribution in [1.29, 1.82) is 0 Å². The standard InChI is InChI=1S/C17H24N4O/c1-20-16-6-5-13(18-14-7-10-22-12-14)11-15(16)19-17(20)21-8-3-2-4-9-21/h5-6,11,14,18H,2-4,7-10,12H2,1H3. The molecule has 5 heteroatoms. The van der Waals surface area contributed by atoms with Crippen molar-refractivity contribution in [3.05, 3.63) is 18.2 Å². The molecule has 1 unspecified atom stereocenters. The fourth-order valence-corrected chi connectivity index (χ4v) is 3.54. The van der Waals surface area contributed by atoms with Crippen molar-refractivity contribution >= 4 is 22.7 Å². The molecule has 0 aliphatic carbocycles. The lowest BCUT2D eigenvalue weighted by Gasteiger charge is -2.27. The molecule has 2 saturated heterocycles. The number of aryl methyl sites for hydroxylation is 1. The summed E-state index contributed by atoms with van der Waals surface area (Å²) < 4.78 is 7.66. The molecule has 4 rings (SSSR count). The summed E-state index contributed by atoms with van der Waals surface area (Å²) in [7, 11) is 2.12. The van der Waals surface area contributed by atoms with Crippen LogP contribution < -0.4 is 10.2 Å². The molecule has 1 N–H and O–H groups in total. The first-order valence-corrected chi connectivity index (χ1v) is 8.37. The van der Waals surface area contributed by atoms with Crippen molar-refractivity contribution in [3.63, 3.8) is 0 Å². The van der Waals surface area contributed by atoms with Gasteiger partial charge in [-0.3, -0.25) is 0 Å². The van der Waals surface area contributed by atoms with E-state index in [1.165, 1.54) is 24.8 Å². The molecular formula is C17H24N4O. The SMILES string of the molecule is Cn1c(N2CCCCC2)nc2cc(NC3CCOC3)ccc21. The molecule has 1 aromatic carbocycles. The van der Waals surface area contributed by atoms with E-state index in [4.69, 9.17) is 9.72 Å². The summed E-state index contributed by atoms with van der Waals surface area (Å²) >= 11 is 0. The molecule has 118 valence electrons. The van der Waals surface area contributed by atoms with Gasteiger partial charge in [-0.2, -0.15) is 0 Å². The Morgan fingerprint density at radius 3 is 2.86 bits per heavy atom. The van der Waals surface area contributed by atoms with Crippen LogP contribution in [0.5, 0.6) is 0 Å². The fourth-order valence-electron chi connectivity index (χ4n) is 3.54. The lowest BCUT2D eigenvalue weighted by Crippen LogP contribution is -2.31. The molecule has 2 aliphatic rings. The topological polar surface area (TPSA) is 42.3 Å². The fraction of sp³-hybridized carbons (Fsp3) is 0.588. The Morgan fingerprint density at radius 2 is 2.09 bits per heavy atom. The van der Waals surface area contributed by atoms with Crippen LogP contribution in [0.15, 0.2) is 18.2 Å². The van der Waals surface area contributed by atoms with Crippen LogP contribution in [0.2, 0.25) is 0 Å². The number of benzene rings is 1. The number of aromatic nitrogens is 2. The lowest BCUT2D eigenvalue weighted by atomic mass is 10.1. The molecule has 1 aromatic heterocycles. The van der Waals surface area contributed by atoms with E-state index in [-0.39, 0.29) is 0 Å². The number of nitrogens with zero attached hydrogens (tertiary/aromatic N) is 3. The second kappa shape index (κ2) is 5.80. The van der Waals surface area contributed by atoms with Crippen molar-refractivity contribution in [2.24, 2.45) is 7.05 Å². The van der Waals surface area contributed by atoms with Gasteiger partial charge in [0.15, 0.2) is 0 Å². The highest BCUT2D eigenvalue weighted by molar-refractivity contribution is 5.82. The van der Waals surface area contributed by atoms with Crippen molar-refractivity contribution in [1.82, 2.24) is 9.55 Å². The van der Waals surface area contributed by atoms with Gasteiger partial charge in [-0.25, -0.2) is 4.98 Å². The quantitative estimate of drug-likeness (QED) is 0.946. The summed E-state index contributed by atoms with van der Waals surface area (Å²) in [6.07, 6.45) is 4.98. The van der Waals surface area contributed by atoms with Crippen LogP contribution in [0.25, 0.3) is 11.0 Å². The number of hydrogen-bond acceptors (Lipinski definition) is 4. The predicted molar refractivity (Wildman–Crippen MR) is 89.6 cm³/mol. The highest BCUT2D eigenvalue weighted by Crippen LogP contribution is 2.26.